The Hall–Kier alpha value is -2.36. The van der Waals surface area contributed by atoms with E-state index in [0.717, 1.165) is 5.56 Å². The van der Waals surface area contributed by atoms with E-state index in [0.29, 0.717) is 17.8 Å². The highest BCUT2D eigenvalue weighted by Gasteiger charge is 2.03. The van der Waals surface area contributed by atoms with Crippen molar-refractivity contribution in [3.8, 4) is 0 Å². The molecule has 0 radical (unpaired) electrons. The van der Waals surface area contributed by atoms with Gasteiger partial charge in [0.15, 0.2) is 0 Å². The van der Waals surface area contributed by atoms with Crippen LogP contribution >= 0.6 is 0 Å². The van der Waals surface area contributed by atoms with Crippen LogP contribution in [-0.4, -0.2) is 11.1 Å². The van der Waals surface area contributed by atoms with Gasteiger partial charge in [0.2, 0.25) is 0 Å². The van der Waals surface area contributed by atoms with E-state index < -0.39 is 5.97 Å². The van der Waals surface area contributed by atoms with Crippen molar-refractivity contribution in [2.24, 2.45) is 0 Å². The predicted octanol–water partition coefficient (Wildman–Crippen LogP) is 3.44. The highest BCUT2D eigenvalue weighted by molar-refractivity contribution is 5.88. The SMILES string of the molecule is Cc1ccc(CNc2cccc(C(=O)O)c2)cc1F. The van der Waals surface area contributed by atoms with Gasteiger partial charge in [-0.3, -0.25) is 0 Å². The number of nitrogens with one attached hydrogen (secondary N) is 1. The van der Waals surface area contributed by atoms with Gasteiger partial charge in [-0.25, -0.2) is 9.18 Å². The first kappa shape index (κ1) is 13.1. The summed E-state index contributed by atoms with van der Waals surface area (Å²) in [6, 6.07) is 11.6. The third-order valence-corrected chi connectivity index (χ3v) is 2.84. The maximum Gasteiger partial charge on any atom is 0.335 e. The van der Waals surface area contributed by atoms with Gasteiger partial charge in [-0.1, -0.05) is 18.2 Å². The Labute approximate surface area is 110 Å². The molecule has 0 heterocycles. The number of hydrogen-bond acceptors (Lipinski definition) is 2. The van der Waals surface area contributed by atoms with Crippen molar-refractivity contribution in [3.63, 3.8) is 0 Å². The summed E-state index contributed by atoms with van der Waals surface area (Å²) in [6.45, 7) is 2.16. The zero-order valence-corrected chi connectivity index (χ0v) is 10.5. The topological polar surface area (TPSA) is 49.3 Å². The Morgan fingerprint density at radius 2 is 2.05 bits per heavy atom. The molecule has 19 heavy (non-hydrogen) atoms. The molecule has 0 fully saturated rings. The van der Waals surface area contributed by atoms with Gasteiger partial charge in [0.1, 0.15) is 5.82 Å². The maximum atomic E-state index is 13.4. The third-order valence-electron chi connectivity index (χ3n) is 2.84. The van der Waals surface area contributed by atoms with Crippen molar-refractivity contribution < 1.29 is 14.3 Å². The zero-order valence-electron chi connectivity index (χ0n) is 10.5. The van der Waals surface area contributed by atoms with Gasteiger partial charge in [-0.2, -0.15) is 0 Å². The van der Waals surface area contributed by atoms with Crippen LogP contribution in [0.3, 0.4) is 0 Å². The number of rotatable bonds is 4. The number of anilines is 1. The fraction of sp³-hybridized carbons (Fsp3) is 0.133. The summed E-state index contributed by atoms with van der Waals surface area (Å²) in [5.41, 5.74) is 2.33. The van der Waals surface area contributed by atoms with Crippen molar-refractivity contribution in [2.45, 2.75) is 13.5 Å². The van der Waals surface area contributed by atoms with E-state index in [1.54, 1.807) is 31.2 Å². The first-order valence-corrected chi connectivity index (χ1v) is 5.88. The van der Waals surface area contributed by atoms with Crippen LogP contribution in [0.4, 0.5) is 10.1 Å². The highest BCUT2D eigenvalue weighted by atomic mass is 19.1. The summed E-state index contributed by atoms with van der Waals surface area (Å²) in [5.74, 6) is -1.20. The molecule has 3 nitrogen and oxygen atoms in total. The predicted molar refractivity (Wildman–Crippen MR) is 71.9 cm³/mol. The molecule has 2 aromatic carbocycles. The number of halogens is 1. The van der Waals surface area contributed by atoms with Gasteiger partial charge >= 0.3 is 5.97 Å². The van der Waals surface area contributed by atoms with Crippen molar-refractivity contribution in [2.75, 3.05) is 5.32 Å². The van der Waals surface area contributed by atoms with Crippen molar-refractivity contribution >= 4 is 11.7 Å². The smallest absolute Gasteiger partial charge is 0.335 e. The van der Waals surface area contributed by atoms with Gasteiger partial charge in [-0.05, 0) is 42.3 Å². The number of hydrogen-bond donors (Lipinski definition) is 2. The largest absolute Gasteiger partial charge is 0.478 e. The Morgan fingerprint density at radius 1 is 1.26 bits per heavy atom. The monoisotopic (exact) mass is 259 g/mol. The van der Waals surface area contributed by atoms with E-state index in [-0.39, 0.29) is 11.4 Å². The average molecular weight is 259 g/mol. The fourth-order valence-corrected chi connectivity index (χ4v) is 1.71. The van der Waals surface area contributed by atoms with E-state index in [2.05, 4.69) is 5.32 Å². The number of benzene rings is 2. The lowest BCUT2D eigenvalue weighted by atomic mass is 10.1. The van der Waals surface area contributed by atoms with Gasteiger partial charge in [0.25, 0.3) is 0 Å². The third kappa shape index (κ3) is 3.31. The standard InChI is InChI=1S/C15H14FNO2/c1-10-5-6-11(7-14(10)16)9-17-13-4-2-3-12(8-13)15(18)19/h2-8,17H,9H2,1H3,(H,18,19). The van der Waals surface area contributed by atoms with Crippen molar-refractivity contribution in [1.82, 2.24) is 0 Å². The lowest BCUT2D eigenvalue weighted by Crippen LogP contribution is -2.02. The summed E-state index contributed by atoms with van der Waals surface area (Å²) in [4.78, 5) is 10.8. The first-order valence-electron chi connectivity index (χ1n) is 5.88. The molecule has 4 heteroatoms. The minimum Gasteiger partial charge on any atom is -0.478 e. The molecular formula is C15H14FNO2. The summed E-state index contributed by atoms with van der Waals surface area (Å²) < 4.78 is 13.4. The quantitative estimate of drug-likeness (QED) is 0.884. The van der Waals surface area contributed by atoms with Crippen LogP contribution in [0, 0.1) is 12.7 Å². The van der Waals surface area contributed by atoms with Crippen LogP contribution in [-0.2, 0) is 6.54 Å². The van der Waals surface area contributed by atoms with Gasteiger partial charge in [0, 0.05) is 12.2 Å². The summed E-state index contributed by atoms with van der Waals surface area (Å²) in [6.07, 6.45) is 0. The van der Waals surface area contributed by atoms with Crippen molar-refractivity contribution in [1.29, 1.82) is 0 Å². The molecule has 0 saturated carbocycles. The van der Waals surface area contributed by atoms with Gasteiger partial charge in [0.05, 0.1) is 5.56 Å². The average Bonchev–Trinajstić information content (AvgIpc) is 2.40. The Kier molecular flexibility index (Phi) is 3.80. The normalized spacial score (nSPS) is 10.2. The zero-order chi connectivity index (χ0) is 13.8. The second-order valence-corrected chi connectivity index (χ2v) is 4.32. The Bertz CT molecular complexity index is 611. The molecule has 0 saturated heterocycles. The van der Waals surface area contributed by atoms with E-state index >= 15 is 0 Å². The molecule has 0 amide bonds. The van der Waals surface area contributed by atoms with Crippen LogP contribution in [0.1, 0.15) is 21.5 Å². The number of carboxylic acids is 1. The number of carbonyl (C=O) groups is 1. The van der Waals surface area contributed by atoms with Gasteiger partial charge < -0.3 is 10.4 Å². The molecule has 0 atom stereocenters. The summed E-state index contributed by atoms with van der Waals surface area (Å²) >= 11 is 0. The second-order valence-electron chi connectivity index (χ2n) is 4.32. The molecule has 0 aromatic heterocycles. The Morgan fingerprint density at radius 3 is 2.74 bits per heavy atom. The maximum absolute atomic E-state index is 13.4. The minimum absolute atomic E-state index is 0.222. The molecule has 2 rings (SSSR count). The molecule has 0 aliphatic rings. The molecule has 2 aromatic rings. The fourth-order valence-electron chi connectivity index (χ4n) is 1.71. The van der Waals surface area contributed by atoms with Crippen LogP contribution in [0.5, 0.6) is 0 Å². The number of carboxylic acid groups (broad SMARTS) is 1. The summed E-state index contributed by atoms with van der Waals surface area (Å²) in [5, 5.41) is 12.0. The number of aromatic carboxylic acids is 1. The molecule has 0 bridgehead atoms. The van der Waals surface area contributed by atoms with Crippen LogP contribution in [0.25, 0.3) is 0 Å². The lowest BCUT2D eigenvalue weighted by Gasteiger charge is -2.08. The molecular weight excluding hydrogens is 245 g/mol. The van der Waals surface area contributed by atoms with Crippen LogP contribution < -0.4 is 5.32 Å². The first-order chi connectivity index (χ1) is 9.06. The molecule has 98 valence electrons. The molecule has 0 spiro atoms. The van der Waals surface area contributed by atoms with Gasteiger partial charge in [-0.15, -0.1) is 0 Å². The van der Waals surface area contributed by atoms with Crippen LogP contribution in [0.2, 0.25) is 0 Å². The molecule has 0 aliphatic heterocycles. The van der Waals surface area contributed by atoms with E-state index in [4.69, 9.17) is 5.11 Å². The molecule has 0 aliphatic carbocycles. The Balaban J connectivity index is 2.07. The second kappa shape index (κ2) is 5.52. The van der Waals surface area contributed by atoms with E-state index in [9.17, 15) is 9.18 Å². The molecule has 0 unspecified atom stereocenters. The lowest BCUT2D eigenvalue weighted by molar-refractivity contribution is 0.0697. The minimum atomic E-state index is -0.968. The summed E-state index contributed by atoms with van der Waals surface area (Å²) in [7, 11) is 0. The molecule has 2 N–H and O–H groups in total. The van der Waals surface area contributed by atoms with E-state index in [1.807, 2.05) is 6.07 Å². The highest BCUT2D eigenvalue weighted by Crippen LogP contribution is 2.14. The van der Waals surface area contributed by atoms with Crippen molar-refractivity contribution in [3.05, 3.63) is 65.0 Å². The number of aryl methyl sites for hydroxylation is 1. The van der Waals surface area contributed by atoms with Crippen LogP contribution in [0.15, 0.2) is 42.5 Å². The van der Waals surface area contributed by atoms with E-state index in [1.165, 1.54) is 12.1 Å².